The largest absolute Gasteiger partial charge is 0.477 e. The molecule has 2 aliphatic heterocycles. The maximum absolute atomic E-state index is 11.8. The molecule has 0 aromatic carbocycles. The fraction of sp³-hybridized carbons (Fsp3) is 0.400. The molecule has 1 amide bonds. The van der Waals surface area contributed by atoms with Gasteiger partial charge in [-0.15, -0.1) is 22.0 Å². The van der Waals surface area contributed by atoms with E-state index in [1.165, 1.54) is 28.0 Å². The molecule has 19 heavy (non-hydrogen) atoms. The van der Waals surface area contributed by atoms with Crippen molar-refractivity contribution in [3.05, 3.63) is 15.7 Å². The Bertz CT molecular complexity index is 612. The number of hydrogen-bond acceptors (Lipinski definition) is 7. The van der Waals surface area contributed by atoms with Crippen molar-refractivity contribution in [2.75, 3.05) is 5.75 Å². The lowest BCUT2D eigenvalue weighted by atomic mass is 10.0. The summed E-state index contributed by atoms with van der Waals surface area (Å²) in [5.41, 5.74) is 6.21. The fourth-order valence-corrected chi connectivity index (χ4v) is 4.22. The second kappa shape index (κ2) is 4.29. The van der Waals surface area contributed by atoms with E-state index in [9.17, 15) is 14.7 Å². The van der Waals surface area contributed by atoms with Gasteiger partial charge in [-0.2, -0.15) is 0 Å². The Morgan fingerprint density at radius 2 is 2.26 bits per heavy atom. The summed E-state index contributed by atoms with van der Waals surface area (Å²) in [6, 6.07) is -0.614. The van der Waals surface area contributed by atoms with Gasteiger partial charge in [-0.1, -0.05) is 11.3 Å². The lowest BCUT2D eigenvalue weighted by Gasteiger charge is -2.47. The fourth-order valence-electron chi connectivity index (χ4n) is 2.10. The van der Waals surface area contributed by atoms with Crippen LogP contribution in [0.5, 0.6) is 0 Å². The SMILES string of the molecule is Cc1nnc(C2=C(C(=O)O)N3C(=O)C(N)[C@H]3SC2)s1. The van der Waals surface area contributed by atoms with Crippen molar-refractivity contribution in [1.29, 1.82) is 0 Å². The molecule has 3 rings (SSSR count). The third kappa shape index (κ3) is 1.77. The average molecular weight is 298 g/mol. The van der Waals surface area contributed by atoms with E-state index in [1.54, 1.807) is 6.92 Å². The van der Waals surface area contributed by atoms with E-state index in [4.69, 9.17) is 5.73 Å². The van der Waals surface area contributed by atoms with Crippen LogP contribution in [0, 0.1) is 6.92 Å². The summed E-state index contributed by atoms with van der Waals surface area (Å²) in [5, 5.41) is 18.2. The van der Waals surface area contributed by atoms with Gasteiger partial charge in [0.15, 0.2) is 0 Å². The topological polar surface area (TPSA) is 109 Å². The lowest BCUT2D eigenvalue weighted by Crippen LogP contribution is -2.68. The summed E-state index contributed by atoms with van der Waals surface area (Å²) in [6.07, 6.45) is 0. The Morgan fingerprint density at radius 1 is 1.53 bits per heavy atom. The summed E-state index contributed by atoms with van der Waals surface area (Å²) in [5.74, 6) is -1.01. The number of carbonyl (C=O) groups excluding carboxylic acids is 1. The number of rotatable bonds is 2. The van der Waals surface area contributed by atoms with Crippen LogP contribution in [0.15, 0.2) is 5.70 Å². The molecular formula is C10H10N4O3S2. The number of nitrogens with zero attached hydrogens (tertiary/aromatic N) is 3. The molecule has 0 spiro atoms. The summed E-state index contributed by atoms with van der Waals surface area (Å²) in [6.45, 7) is 1.80. The first kappa shape index (κ1) is 12.6. The van der Waals surface area contributed by atoms with Gasteiger partial charge < -0.3 is 10.8 Å². The lowest BCUT2D eigenvalue weighted by molar-refractivity contribution is -0.147. The number of β-lactam (4-membered cyclic amide) rings is 1. The summed E-state index contributed by atoms with van der Waals surface area (Å²) < 4.78 is 0. The molecule has 7 nitrogen and oxygen atoms in total. The van der Waals surface area contributed by atoms with Crippen LogP contribution in [0.1, 0.15) is 10.0 Å². The molecular weight excluding hydrogens is 288 g/mol. The van der Waals surface area contributed by atoms with Crippen LogP contribution in [0.25, 0.3) is 5.57 Å². The molecule has 2 atom stereocenters. The first-order chi connectivity index (χ1) is 9.00. The number of aliphatic carboxylic acids is 1. The van der Waals surface area contributed by atoms with E-state index in [1.807, 2.05) is 0 Å². The minimum absolute atomic E-state index is 0.00778. The number of carbonyl (C=O) groups is 2. The molecule has 2 aliphatic rings. The molecule has 0 radical (unpaired) electrons. The van der Waals surface area contributed by atoms with Crippen LogP contribution >= 0.6 is 23.1 Å². The van der Waals surface area contributed by atoms with Gasteiger partial charge >= 0.3 is 5.97 Å². The number of carboxylic acids is 1. The molecule has 3 N–H and O–H groups in total. The molecule has 1 aromatic rings. The third-order valence-corrected chi connectivity index (χ3v) is 5.20. The Balaban J connectivity index is 2.09. The predicted molar refractivity (Wildman–Crippen MR) is 70.3 cm³/mol. The Hall–Kier alpha value is -1.45. The van der Waals surface area contributed by atoms with Crippen LogP contribution in [-0.4, -0.2) is 49.2 Å². The van der Waals surface area contributed by atoms with E-state index in [0.717, 1.165) is 5.01 Å². The molecule has 100 valence electrons. The number of thioether (sulfide) groups is 1. The van der Waals surface area contributed by atoms with Crippen LogP contribution in [0.2, 0.25) is 0 Å². The smallest absolute Gasteiger partial charge is 0.353 e. The summed E-state index contributed by atoms with van der Waals surface area (Å²) in [7, 11) is 0. The predicted octanol–water partition coefficient (Wildman–Crippen LogP) is -0.115. The van der Waals surface area contributed by atoms with E-state index >= 15 is 0 Å². The van der Waals surface area contributed by atoms with Crippen molar-refractivity contribution in [3.8, 4) is 0 Å². The van der Waals surface area contributed by atoms with Gasteiger partial charge in [-0.3, -0.25) is 9.69 Å². The Kier molecular flexibility index (Phi) is 2.84. The molecule has 1 aromatic heterocycles. The van der Waals surface area contributed by atoms with Crippen LogP contribution < -0.4 is 5.73 Å². The van der Waals surface area contributed by atoms with Gasteiger partial charge in [0, 0.05) is 11.3 Å². The monoisotopic (exact) mass is 298 g/mol. The van der Waals surface area contributed by atoms with Gasteiger partial charge in [0.25, 0.3) is 0 Å². The van der Waals surface area contributed by atoms with Crippen molar-refractivity contribution in [2.45, 2.75) is 18.3 Å². The molecule has 0 aliphatic carbocycles. The van der Waals surface area contributed by atoms with Gasteiger partial charge in [0.2, 0.25) is 5.91 Å². The minimum Gasteiger partial charge on any atom is -0.477 e. The van der Waals surface area contributed by atoms with Gasteiger partial charge in [0.1, 0.15) is 27.1 Å². The third-order valence-electron chi connectivity index (χ3n) is 3.00. The first-order valence-electron chi connectivity index (χ1n) is 5.48. The molecule has 0 saturated carbocycles. The zero-order valence-corrected chi connectivity index (χ0v) is 11.5. The second-order valence-corrected chi connectivity index (χ2v) is 6.48. The number of aromatic nitrogens is 2. The van der Waals surface area contributed by atoms with Crippen molar-refractivity contribution in [2.24, 2.45) is 5.73 Å². The maximum Gasteiger partial charge on any atom is 0.353 e. The number of fused-ring (bicyclic) bond motifs is 1. The minimum atomic E-state index is -1.13. The van der Waals surface area contributed by atoms with Crippen LogP contribution in [0.3, 0.4) is 0 Å². The van der Waals surface area contributed by atoms with Gasteiger partial charge in [0.05, 0.1) is 0 Å². The summed E-state index contributed by atoms with van der Waals surface area (Å²) in [4.78, 5) is 24.4. The molecule has 3 heterocycles. The number of hydrogen-bond donors (Lipinski definition) is 2. The Morgan fingerprint density at radius 3 is 2.84 bits per heavy atom. The molecule has 1 unspecified atom stereocenters. The zero-order chi connectivity index (χ0) is 13.7. The van der Waals surface area contributed by atoms with E-state index in [-0.39, 0.29) is 17.0 Å². The number of aryl methyl sites for hydroxylation is 1. The van der Waals surface area contributed by atoms with E-state index in [0.29, 0.717) is 16.3 Å². The molecule has 0 bridgehead atoms. The van der Waals surface area contributed by atoms with E-state index < -0.39 is 12.0 Å². The van der Waals surface area contributed by atoms with E-state index in [2.05, 4.69) is 10.2 Å². The highest BCUT2D eigenvalue weighted by Crippen LogP contribution is 2.42. The van der Waals surface area contributed by atoms with Crippen molar-refractivity contribution in [1.82, 2.24) is 15.1 Å². The normalized spacial score (nSPS) is 26.2. The zero-order valence-electron chi connectivity index (χ0n) is 9.86. The number of amides is 1. The highest BCUT2D eigenvalue weighted by molar-refractivity contribution is 8.00. The summed E-state index contributed by atoms with van der Waals surface area (Å²) >= 11 is 2.77. The second-order valence-electron chi connectivity index (χ2n) is 4.19. The first-order valence-corrected chi connectivity index (χ1v) is 7.34. The highest BCUT2D eigenvalue weighted by atomic mass is 32.2. The quantitative estimate of drug-likeness (QED) is 0.733. The van der Waals surface area contributed by atoms with Crippen LogP contribution in [0.4, 0.5) is 0 Å². The standard InChI is InChI=1S/C10H10N4O3S2/c1-3-12-13-7(19-3)4-2-18-9-5(11)8(15)14(9)6(4)10(16)17/h5,9H,2,11H2,1H3,(H,16,17)/t5?,9-/m1/s1. The average Bonchev–Trinajstić information content (AvgIpc) is 2.82. The maximum atomic E-state index is 11.8. The van der Waals surface area contributed by atoms with Crippen molar-refractivity contribution >= 4 is 40.5 Å². The van der Waals surface area contributed by atoms with Crippen LogP contribution in [-0.2, 0) is 9.59 Å². The molecule has 1 fully saturated rings. The molecule has 1 saturated heterocycles. The number of nitrogens with two attached hydrogens (primary N) is 1. The van der Waals surface area contributed by atoms with Gasteiger partial charge in [-0.05, 0) is 6.92 Å². The van der Waals surface area contributed by atoms with Crippen molar-refractivity contribution < 1.29 is 14.7 Å². The molecule has 9 heteroatoms. The number of carboxylic acid groups (broad SMARTS) is 1. The van der Waals surface area contributed by atoms with Crippen molar-refractivity contribution in [3.63, 3.8) is 0 Å². The highest BCUT2D eigenvalue weighted by Gasteiger charge is 2.52. The van der Waals surface area contributed by atoms with Gasteiger partial charge in [-0.25, -0.2) is 4.79 Å². The Labute approximate surface area is 116 Å².